The van der Waals surface area contributed by atoms with Gasteiger partial charge in [-0.25, -0.2) is 0 Å². The molecule has 1 heteroatoms. The Kier molecular flexibility index (Phi) is 3.07. The Morgan fingerprint density at radius 1 is 1.14 bits per heavy atom. The van der Waals surface area contributed by atoms with Gasteiger partial charge in [0.15, 0.2) is 5.78 Å². The van der Waals surface area contributed by atoms with Gasteiger partial charge in [-0.2, -0.15) is 0 Å². The number of ketones is 1. The van der Waals surface area contributed by atoms with E-state index in [0.29, 0.717) is 17.1 Å². The zero-order valence-corrected chi connectivity index (χ0v) is 13.1. The average Bonchev–Trinajstić information content (AvgIpc) is 2.83. The van der Waals surface area contributed by atoms with Crippen molar-refractivity contribution in [2.75, 3.05) is 0 Å². The van der Waals surface area contributed by atoms with Gasteiger partial charge in [-0.05, 0) is 80.1 Å². The summed E-state index contributed by atoms with van der Waals surface area (Å²) in [6.45, 7) is 2.47. The van der Waals surface area contributed by atoms with Gasteiger partial charge in [0, 0.05) is 12.3 Å². The van der Waals surface area contributed by atoms with E-state index in [1.54, 1.807) is 0 Å². The van der Waals surface area contributed by atoms with E-state index in [-0.39, 0.29) is 0 Å². The molecule has 6 atom stereocenters. The minimum atomic E-state index is 0.369. The van der Waals surface area contributed by atoms with Crippen LogP contribution in [-0.2, 0) is 4.79 Å². The summed E-state index contributed by atoms with van der Waals surface area (Å²) in [6, 6.07) is 0. The molecule has 0 saturated heterocycles. The highest BCUT2D eigenvalue weighted by Gasteiger charge is 2.55. The molecule has 3 saturated carbocycles. The van der Waals surface area contributed by atoms with E-state index >= 15 is 0 Å². The molecule has 0 amide bonds. The van der Waals surface area contributed by atoms with Crippen molar-refractivity contribution in [3.63, 3.8) is 0 Å². The number of carbonyl (C=O) groups is 1. The number of terminal acetylenes is 1. The fourth-order valence-corrected chi connectivity index (χ4v) is 6.45. The van der Waals surface area contributed by atoms with Crippen molar-refractivity contribution < 1.29 is 4.79 Å². The summed E-state index contributed by atoms with van der Waals surface area (Å²) in [6.07, 6.45) is 17.4. The second-order valence-corrected chi connectivity index (χ2v) is 8.14. The molecule has 1 nitrogen and oxygen atoms in total. The summed E-state index contributed by atoms with van der Waals surface area (Å²) in [5.41, 5.74) is 1.89. The number of carbonyl (C=O) groups excluding carboxylic acids is 1. The van der Waals surface area contributed by atoms with E-state index in [9.17, 15) is 4.79 Å². The summed E-state index contributed by atoms with van der Waals surface area (Å²) in [5.74, 6) is 7.26. The molecule has 21 heavy (non-hydrogen) atoms. The van der Waals surface area contributed by atoms with Gasteiger partial charge < -0.3 is 0 Å². The van der Waals surface area contributed by atoms with Crippen LogP contribution in [0.5, 0.6) is 0 Å². The van der Waals surface area contributed by atoms with Gasteiger partial charge in [-0.3, -0.25) is 4.79 Å². The van der Waals surface area contributed by atoms with E-state index < -0.39 is 0 Å². The first-order valence-electron chi connectivity index (χ1n) is 8.83. The standard InChI is InChI=1S/C20H26O/c1-3-14-5-9-19-18-7-4-13-12-15(21)6-8-16(13)17(18)10-11-20(14,19)2/h1,12,14,16-19H,4-11H2,2H3/t14-,16-,17?,18?,19?,20+/m0/s1. The van der Waals surface area contributed by atoms with Crippen molar-refractivity contribution in [3.8, 4) is 12.3 Å². The Morgan fingerprint density at radius 2 is 2.00 bits per heavy atom. The third kappa shape index (κ3) is 1.88. The van der Waals surface area contributed by atoms with Crippen LogP contribution in [0, 0.1) is 47.3 Å². The maximum absolute atomic E-state index is 11.7. The molecule has 4 rings (SSSR count). The SMILES string of the molecule is C#C[C@H]1CCC2C3CCC4=CC(=O)CC[C@@H]4C3CC[C@@]21C. The third-order valence-electron chi connectivity index (χ3n) is 7.50. The summed E-state index contributed by atoms with van der Waals surface area (Å²) in [4.78, 5) is 11.7. The van der Waals surface area contributed by atoms with Crippen LogP contribution in [0.2, 0.25) is 0 Å². The molecule has 4 aliphatic rings. The first-order valence-corrected chi connectivity index (χ1v) is 8.83. The molecule has 3 unspecified atom stereocenters. The monoisotopic (exact) mass is 282 g/mol. The van der Waals surface area contributed by atoms with Crippen LogP contribution in [-0.4, -0.2) is 5.78 Å². The molecule has 0 N–H and O–H groups in total. The molecule has 0 spiro atoms. The molecule has 0 aromatic rings. The number of hydrogen-bond donors (Lipinski definition) is 0. The van der Waals surface area contributed by atoms with Crippen molar-refractivity contribution in [2.24, 2.45) is 35.0 Å². The predicted octanol–water partition coefficient (Wildman–Crippen LogP) is 4.38. The molecule has 112 valence electrons. The number of allylic oxidation sites excluding steroid dienone is 1. The molecule has 0 aromatic carbocycles. The highest BCUT2D eigenvalue weighted by atomic mass is 16.1. The molecule has 3 fully saturated rings. The molecule has 4 aliphatic carbocycles. The smallest absolute Gasteiger partial charge is 0.155 e. The van der Waals surface area contributed by atoms with Gasteiger partial charge in [0.05, 0.1) is 0 Å². The van der Waals surface area contributed by atoms with Crippen molar-refractivity contribution in [1.29, 1.82) is 0 Å². The molecule has 0 radical (unpaired) electrons. The number of fused-ring (bicyclic) bond motifs is 5. The highest BCUT2D eigenvalue weighted by molar-refractivity contribution is 5.91. The predicted molar refractivity (Wildman–Crippen MR) is 84.4 cm³/mol. The zero-order valence-electron chi connectivity index (χ0n) is 13.1. The van der Waals surface area contributed by atoms with Crippen molar-refractivity contribution in [3.05, 3.63) is 11.6 Å². The van der Waals surface area contributed by atoms with Gasteiger partial charge in [-0.15, -0.1) is 12.3 Å². The second-order valence-electron chi connectivity index (χ2n) is 8.14. The Balaban J connectivity index is 1.63. The maximum Gasteiger partial charge on any atom is 0.155 e. The second kappa shape index (κ2) is 4.73. The normalized spacial score (nSPS) is 48.7. The third-order valence-corrected chi connectivity index (χ3v) is 7.50. The van der Waals surface area contributed by atoms with E-state index in [0.717, 1.165) is 36.5 Å². The first kappa shape index (κ1) is 13.6. The van der Waals surface area contributed by atoms with E-state index in [4.69, 9.17) is 6.42 Å². The molecule has 0 bridgehead atoms. The van der Waals surface area contributed by atoms with Crippen molar-refractivity contribution in [1.82, 2.24) is 0 Å². The van der Waals surface area contributed by atoms with Crippen LogP contribution in [0.3, 0.4) is 0 Å². The highest BCUT2D eigenvalue weighted by Crippen LogP contribution is 2.63. The molecule has 0 aromatic heterocycles. The van der Waals surface area contributed by atoms with Gasteiger partial charge >= 0.3 is 0 Å². The maximum atomic E-state index is 11.7. The first-order chi connectivity index (χ1) is 10.1. The van der Waals surface area contributed by atoms with Crippen LogP contribution < -0.4 is 0 Å². The van der Waals surface area contributed by atoms with Gasteiger partial charge in [0.25, 0.3) is 0 Å². The van der Waals surface area contributed by atoms with Crippen LogP contribution in [0.15, 0.2) is 11.6 Å². The van der Waals surface area contributed by atoms with Gasteiger partial charge in [0.2, 0.25) is 0 Å². The number of hydrogen-bond acceptors (Lipinski definition) is 1. The fourth-order valence-electron chi connectivity index (χ4n) is 6.45. The lowest BCUT2D eigenvalue weighted by atomic mass is 9.51. The lowest BCUT2D eigenvalue weighted by molar-refractivity contribution is -0.116. The van der Waals surface area contributed by atoms with Gasteiger partial charge in [0.1, 0.15) is 0 Å². The quantitative estimate of drug-likeness (QED) is 0.603. The Bertz CT molecular complexity index is 537. The Morgan fingerprint density at radius 3 is 2.81 bits per heavy atom. The summed E-state index contributed by atoms with van der Waals surface area (Å²) in [5, 5.41) is 0. The van der Waals surface area contributed by atoms with E-state index in [1.807, 2.05) is 6.08 Å². The van der Waals surface area contributed by atoms with Crippen LogP contribution in [0.1, 0.15) is 58.3 Å². The fraction of sp³-hybridized carbons (Fsp3) is 0.750. The molecule has 0 aliphatic heterocycles. The Hall–Kier alpha value is -1.03. The van der Waals surface area contributed by atoms with Crippen LogP contribution in [0.25, 0.3) is 0 Å². The largest absolute Gasteiger partial charge is 0.295 e. The minimum Gasteiger partial charge on any atom is -0.295 e. The zero-order chi connectivity index (χ0) is 14.6. The summed E-state index contributed by atoms with van der Waals surface area (Å²) < 4.78 is 0. The minimum absolute atomic E-state index is 0.369. The number of rotatable bonds is 0. The average molecular weight is 282 g/mol. The van der Waals surface area contributed by atoms with Crippen LogP contribution in [0.4, 0.5) is 0 Å². The molecule has 0 heterocycles. The molecular formula is C20H26O. The van der Waals surface area contributed by atoms with Crippen molar-refractivity contribution in [2.45, 2.75) is 58.3 Å². The van der Waals surface area contributed by atoms with Gasteiger partial charge in [-0.1, -0.05) is 12.5 Å². The van der Waals surface area contributed by atoms with E-state index in [2.05, 4.69) is 12.8 Å². The van der Waals surface area contributed by atoms with Crippen LogP contribution >= 0.6 is 0 Å². The van der Waals surface area contributed by atoms with Crippen molar-refractivity contribution >= 4 is 5.78 Å². The summed E-state index contributed by atoms with van der Waals surface area (Å²) in [7, 11) is 0. The lowest BCUT2D eigenvalue weighted by Crippen LogP contribution is -2.46. The lowest BCUT2D eigenvalue weighted by Gasteiger charge is -2.53. The Labute approximate surface area is 128 Å². The topological polar surface area (TPSA) is 17.1 Å². The summed E-state index contributed by atoms with van der Waals surface area (Å²) >= 11 is 0. The van der Waals surface area contributed by atoms with E-state index in [1.165, 1.54) is 44.1 Å². The molecular weight excluding hydrogens is 256 g/mol.